The second kappa shape index (κ2) is 7.40. The minimum absolute atomic E-state index is 0.309. The number of carbonyl (C=O) groups is 1. The van der Waals surface area contributed by atoms with Gasteiger partial charge >= 0.3 is 0 Å². The number of sulfonamides is 1. The van der Waals surface area contributed by atoms with E-state index in [1.54, 1.807) is 26.0 Å². The van der Waals surface area contributed by atoms with Gasteiger partial charge in [0, 0.05) is 5.71 Å². The number of carbonyl (C=O) groups excluding carboxylic acids is 1. The lowest BCUT2D eigenvalue weighted by atomic mass is 10.0. The summed E-state index contributed by atoms with van der Waals surface area (Å²) in [5.41, 5.74) is 4.57. The van der Waals surface area contributed by atoms with Crippen LogP contribution in [-0.4, -0.2) is 32.8 Å². The van der Waals surface area contributed by atoms with Crippen molar-refractivity contribution in [2.45, 2.75) is 33.6 Å². The third-order valence-corrected chi connectivity index (χ3v) is 4.08. The van der Waals surface area contributed by atoms with E-state index in [1.165, 1.54) is 0 Å². The van der Waals surface area contributed by atoms with Gasteiger partial charge in [-0.1, -0.05) is 26.0 Å². The van der Waals surface area contributed by atoms with Crippen molar-refractivity contribution in [3.8, 4) is 0 Å². The smallest absolute Gasteiger partial charge is 0.260 e. The van der Waals surface area contributed by atoms with E-state index < -0.39 is 15.9 Å². The quantitative estimate of drug-likeness (QED) is 0.642. The molecule has 0 bridgehead atoms. The van der Waals surface area contributed by atoms with E-state index >= 15 is 0 Å². The summed E-state index contributed by atoms with van der Waals surface area (Å²) in [6.45, 7) is 7.28. The number of hydrazone groups is 1. The molecule has 0 saturated heterocycles. The maximum atomic E-state index is 11.9. The lowest BCUT2D eigenvalue weighted by Crippen LogP contribution is -2.39. The molecule has 1 amide bonds. The summed E-state index contributed by atoms with van der Waals surface area (Å²) < 4.78 is 24.9. The molecule has 0 aliphatic rings. The van der Waals surface area contributed by atoms with Gasteiger partial charge < -0.3 is 0 Å². The summed E-state index contributed by atoms with van der Waals surface area (Å²) in [6, 6.07) is 7.14. The van der Waals surface area contributed by atoms with Gasteiger partial charge in [0.1, 0.15) is 6.54 Å². The highest BCUT2D eigenvalue weighted by Gasteiger charge is 2.20. The van der Waals surface area contributed by atoms with Crippen LogP contribution < -0.4 is 9.73 Å². The molecule has 1 rings (SSSR count). The first-order valence-corrected chi connectivity index (χ1v) is 8.83. The number of amides is 1. The number of rotatable bonds is 6. The minimum atomic E-state index is -3.56. The van der Waals surface area contributed by atoms with Crippen molar-refractivity contribution >= 4 is 27.3 Å². The summed E-state index contributed by atoms with van der Waals surface area (Å²) in [5, 5.41) is 3.79. The van der Waals surface area contributed by atoms with Crippen LogP contribution in [0, 0.1) is 0 Å². The standard InChI is InChI=1S/C15H23N3O3S/c1-11(2)13-6-8-14(9-7-13)18(22(5,20)21)10-15(19)17-16-12(3)4/h6-9,11H,10H2,1-5H3,(H,17,19). The van der Waals surface area contributed by atoms with Crippen molar-refractivity contribution in [1.29, 1.82) is 0 Å². The molecule has 7 heteroatoms. The van der Waals surface area contributed by atoms with Crippen LogP contribution in [-0.2, 0) is 14.8 Å². The minimum Gasteiger partial charge on any atom is -0.271 e. The monoisotopic (exact) mass is 325 g/mol. The highest BCUT2D eigenvalue weighted by atomic mass is 32.2. The molecule has 122 valence electrons. The van der Waals surface area contributed by atoms with Crippen LogP contribution in [0.1, 0.15) is 39.2 Å². The zero-order valence-electron chi connectivity index (χ0n) is 13.6. The Bertz CT molecular complexity index is 645. The molecular weight excluding hydrogens is 302 g/mol. The Morgan fingerprint density at radius 3 is 2.18 bits per heavy atom. The Kier molecular flexibility index (Phi) is 6.11. The first kappa shape index (κ1) is 18.2. The van der Waals surface area contributed by atoms with Gasteiger partial charge in [-0.25, -0.2) is 13.8 Å². The second-order valence-corrected chi connectivity index (χ2v) is 7.52. The van der Waals surface area contributed by atoms with Crippen molar-refractivity contribution in [3.05, 3.63) is 29.8 Å². The molecule has 0 aromatic heterocycles. The number of hydrogen-bond donors (Lipinski definition) is 1. The highest BCUT2D eigenvalue weighted by Crippen LogP contribution is 2.21. The fourth-order valence-corrected chi connectivity index (χ4v) is 2.62. The average molecular weight is 325 g/mol. The van der Waals surface area contributed by atoms with E-state index in [-0.39, 0.29) is 6.54 Å². The first-order valence-electron chi connectivity index (χ1n) is 6.98. The molecule has 0 aliphatic carbocycles. The molecule has 0 aliphatic heterocycles. The van der Waals surface area contributed by atoms with Crippen LogP contribution in [0.3, 0.4) is 0 Å². The molecule has 0 spiro atoms. The summed E-state index contributed by atoms with van der Waals surface area (Å²) >= 11 is 0. The summed E-state index contributed by atoms with van der Waals surface area (Å²) in [6.07, 6.45) is 1.07. The summed E-state index contributed by atoms with van der Waals surface area (Å²) in [7, 11) is -3.56. The van der Waals surface area contributed by atoms with E-state index in [9.17, 15) is 13.2 Å². The molecule has 0 saturated carbocycles. The Morgan fingerprint density at radius 2 is 1.77 bits per heavy atom. The van der Waals surface area contributed by atoms with Crippen LogP contribution in [0.4, 0.5) is 5.69 Å². The summed E-state index contributed by atoms with van der Waals surface area (Å²) in [5.74, 6) is -0.134. The van der Waals surface area contributed by atoms with E-state index in [2.05, 4.69) is 24.4 Å². The SMILES string of the molecule is CC(C)=NNC(=O)CN(c1ccc(C(C)C)cc1)S(C)(=O)=O. The number of nitrogens with zero attached hydrogens (tertiary/aromatic N) is 2. The second-order valence-electron chi connectivity index (χ2n) is 5.61. The van der Waals surface area contributed by atoms with Crippen LogP contribution in [0.15, 0.2) is 29.4 Å². The molecule has 1 aromatic carbocycles. The fourth-order valence-electron chi connectivity index (χ4n) is 1.77. The predicted molar refractivity (Wildman–Crippen MR) is 89.6 cm³/mol. The van der Waals surface area contributed by atoms with Gasteiger partial charge in [0.2, 0.25) is 10.0 Å². The zero-order chi connectivity index (χ0) is 16.9. The molecule has 0 heterocycles. The number of benzene rings is 1. The lowest BCUT2D eigenvalue weighted by Gasteiger charge is -2.22. The molecule has 0 radical (unpaired) electrons. The molecule has 1 N–H and O–H groups in total. The molecule has 0 fully saturated rings. The van der Waals surface area contributed by atoms with Crippen molar-refractivity contribution in [2.75, 3.05) is 17.1 Å². The van der Waals surface area contributed by atoms with Gasteiger partial charge in [0.05, 0.1) is 11.9 Å². The highest BCUT2D eigenvalue weighted by molar-refractivity contribution is 7.92. The lowest BCUT2D eigenvalue weighted by molar-refractivity contribution is -0.119. The normalized spacial score (nSPS) is 11.2. The topological polar surface area (TPSA) is 78.8 Å². The Morgan fingerprint density at radius 1 is 1.23 bits per heavy atom. The maximum absolute atomic E-state index is 11.9. The van der Waals surface area contributed by atoms with Crippen molar-refractivity contribution in [2.24, 2.45) is 5.10 Å². The largest absolute Gasteiger partial charge is 0.271 e. The van der Waals surface area contributed by atoms with Crippen LogP contribution >= 0.6 is 0 Å². The van der Waals surface area contributed by atoms with E-state index in [0.717, 1.165) is 16.1 Å². The fraction of sp³-hybridized carbons (Fsp3) is 0.467. The van der Waals surface area contributed by atoms with Gasteiger partial charge in [0.25, 0.3) is 5.91 Å². The molecule has 0 atom stereocenters. The Hall–Kier alpha value is -1.89. The van der Waals surface area contributed by atoms with Gasteiger partial charge in [-0.15, -0.1) is 0 Å². The molecule has 0 unspecified atom stereocenters. The third kappa shape index (κ3) is 5.48. The van der Waals surface area contributed by atoms with Crippen molar-refractivity contribution < 1.29 is 13.2 Å². The van der Waals surface area contributed by atoms with Crippen LogP contribution in [0.2, 0.25) is 0 Å². The Balaban J connectivity index is 2.99. The van der Waals surface area contributed by atoms with Gasteiger partial charge in [-0.05, 0) is 37.5 Å². The molecule has 1 aromatic rings. The predicted octanol–water partition coefficient (Wildman–Crippen LogP) is 2.09. The molecule has 6 nitrogen and oxygen atoms in total. The summed E-state index contributed by atoms with van der Waals surface area (Å²) in [4.78, 5) is 11.8. The maximum Gasteiger partial charge on any atom is 0.260 e. The van der Waals surface area contributed by atoms with E-state index in [4.69, 9.17) is 0 Å². The number of anilines is 1. The molecule has 22 heavy (non-hydrogen) atoms. The number of nitrogens with one attached hydrogen (secondary N) is 1. The number of hydrogen-bond acceptors (Lipinski definition) is 4. The molecular formula is C15H23N3O3S. The van der Waals surface area contributed by atoms with Gasteiger partial charge in [-0.3, -0.25) is 9.10 Å². The van der Waals surface area contributed by atoms with Gasteiger partial charge in [-0.2, -0.15) is 5.10 Å². The zero-order valence-corrected chi connectivity index (χ0v) is 14.4. The van der Waals surface area contributed by atoms with Crippen molar-refractivity contribution in [1.82, 2.24) is 5.43 Å². The third-order valence-electron chi connectivity index (χ3n) is 2.94. The van der Waals surface area contributed by atoms with Crippen LogP contribution in [0.5, 0.6) is 0 Å². The van der Waals surface area contributed by atoms with E-state index in [0.29, 0.717) is 17.3 Å². The Labute approximate surface area is 132 Å². The van der Waals surface area contributed by atoms with Crippen LogP contribution in [0.25, 0.3) is 0 Å². The van der Waals surface area contributed by atoms with E-state index in [1.807, 2.05) is 12.1 Å². The average Bonchev–Trinajstić information content (AvgIpc) is 2.41. The first-order chi connectivity index (χ1) is 10.1. The van der Waals surface area contributed by atoms with Crippen molar-refractivity contribution in [3.63, 3.8) is 0 Å². The van der Waals surface area contributed by atoms with Gasteiger partial charge in [0.15, 0.2) is 0 Å².